The van der Waals surface area contributed by atoms with E-state index in [0.29, 0.717) is 16.5 Å². The van der Waals surface area contributed by atoms with Crippen LogP contribution in [0.1, 0.15) is 0 Å². The van der Waals surface area contributed by atoms with E-state index < -0.39 is 0 Å². The summed E-state index contributed by atoms with van der Waals surface area (Å²) < 4.78 is 5.56. The van der Waals surface area contributed by atoms with Gasteiger partial charge in [0.2, 0.25) is 0 Å². The van der Waals surface area contributed by atoms with Gasteiger partial charge in [0.05, 0.1) is 25.1 Å². The molecular weight excluding hydrogens is 373 g/mol. The van der Waals surface area contributed by atoms with Crippen molar-refractivity contribution >= 4 is 69.6 Å². The summed E-state index contributed by atoms with van der Waals surface area (Å²) in [6.07, 6.45) is 0. The van der Waals surface area contributed by atoms with Gasteiger partial charge in [-0.15, -0.1) is 0 Å². The van der Waals surface area contributed by atoms with E-state index in [0.717, 1.165) is 0 Å². The maximum Gasteiger partial charge on any atom is 0.147 e. The van der Waals surface area contributed by atoms with Gasteiger partial charge in [0.15, 0.2) is 0 Å². The average Bonchev–Trinajstić information content (AvgIpc) is 2.36. The molecule has 0 aliphatic rings. The Morgan fingerprint density at radius 2 is 1.21 bits per heavy atom. The molecule has 2 aromatic carbocycles. The second-order valence-electron chi connectivity index (χ2n) is 3.48. The van der Waals surface area contributed by atoms with Crippen LogP contribution in [-0.4, -0.2) is 0 Å². The molecule has 7 heteroatoms. The standard InChI is InChI=1S/C12H4Cl6O/c13-6-1-2-9(12(18)11(6)17)19-5-3-7(14)10(16)8(15)4-5/h1-4H. The molecule has 0 aliphatic carbocycles. The van der Waals surface area contributed by atoms with Crippen LogP contribution in [0, 0.1) is 0 Å². The van der Waals surface area contributed by atoms with E-state index >= 15 is 0 Å². The summed E-state index contributed by atoms with van der Waals surface area (Å²) in [6, 6.07) is 6.21. The number of ether oxygens (including phenoxy) is 1. The van der Waals surface area contributed by atoms with Gasteiger partial charge in [-0.2, -0.15) is 0 Å². The summed E-state index contributed by atoms with van der Waals surface area (Å²) >= 11 is 35.4. The number of benzene rings is 2. The van der Waals surface area contributed by atoms with E-state index in [2.05, 4.69) is 0 Å². The first-order valence-electron chi connectivity index (χ1n) is 4.86. The fourth-order valence-electron chi connectivity index (χ4n) is 1.31. The molecule has 0 unspecified atom stereocenters. The highest BCUT2D eigenvalue weighted by Gasteiger charge is 2.12. The molecule has 2 rings (SSSR count). The normalized spacial score (nSPS) is 10.6. The Bertz CT molecular complexity index is 617. The molecule has 19 heavy (non-hydrogen) atoms. The van der Waals surface area contributed by atoms with E-state index in [1.807, 2.05) is 0 Å². The van der Waals surface area contributed by atoms with Gasteiger partial charge < -0.3 is 4.74 Å². The molecule has 0 spiro atoms. The van der Waals surface area contributed by atoms with E-state index in [-0.39, 0.29) is 25.1 Å². The molecule has 2 aromatic rings. The highest BCUT2D eigenvalue weighted by molar-refractivity contribution is 6.49. The van der Waals surface area contributed by atoms with Crippen LogP contribution in [0.25, 0.3) is 0 Å². The lowest BCUT2D eigenvalue weighted by Crippen LogP contribution is -1.87. The molecule has 0 saturated heterocycles. The van der Waals surface area contributed by atoms with Crippen molar-refractivity contribution in [1.82, 2.24) is 0 Å². The van der Waals surface area contributed by atoms with Gasteiger partial charge >= 0.3 is 0 Å². The van der Waals surface area contributed by atoms with Crippen LogP contribution in [0.3, 0.4) is 0 Å². The van der Waals surface area contributed by atoms with Crippen molar-refractivity contribution in [3.05, 3.63) is 54.4 Å². The first-order chi connectivity index (χ1) is 8.90. The van der Waals surface area contributed by atoms with Crippen molar-refractivity contribution in [1.29, 1.82) is 0 Å². The molecule has 0 heterocycles. The molecule has 0 aromatic heterocycles. The monoisotopic (exact) mass is 374 g/mol. The lowest BCUT2D eigenvalue weighted by molar-refractivity contribution is 0.483. The summed E-state index contributed by atoms with van der Waals surface area (Å²) in [7, 11) is 0. The van der Waals surface area contributed by atoms with E-state index in [1.54, 1.807) is 12.1 Å². The summed E-state index contributed by atoms with van der Waals surface area (Å²) in [6.45, 7) is 0. The Morgan fingerprint density at radius 1 is 0.632 bits per heavy atom. The van der Waals surface area contributed by atoms with Gasteiger partial charge in [0.1, 0.15) is 16.5 Å². The molecular formula is C12H4Cl6O. The molecule has 0 fully saturated rings. The zero-order chi connectivity index (χ0) is 14.2. The molecule has 0 amide bonds. The highest BCUT2D eigenvalue weighted by Crippen LogP contribution is 2.41. The van der Waals surface area contributed by atoms with Crippen LogP contribution in [0.15, 0.2) is 24.3 Å². The van der Waals surface area contributed by atoms with Gasteiger partial charge in [-0.3, -0.25) is 0 Å². The highest BCUT2D eigenvalue weighted by atomic mass is 35.5. The number of halogens is 6. The van der Waals surface area contributed by atoms with Crippen LogP contribution in [0.2, 0.25) is 30.1 Å². The quantitative estimate of drug-likeness (QED) is 0.496. The molecule has 0 aliphatic heterocycles. The largest absolute Gasteiger partial charge is 0.456 e. The fourth-order valence-corrected chi connectivity index (χ4v) is 2.45. The minimum Gasteiger partial charge on any atom is -0.456 e. The van der Waals surface area contributed by atoms with Gasteiger partial charge in [-0.05, 0) is 12.1 Å². The predicted molar refractivity (Wildman–Crippen MR) is 83.0 cm³/mol. The first-order valence-corrected chi connectivity index (χ1v) is 7.13. The Morgan fingerprint density at radius 3 is 1.79 bits per heavy atom. The second kappa shape index (κ2) is 6.17. The average molecular weight is 377 g/mol. The summed E-state index contributed by atoms with van der Waals surface area (Å²) in [5.74, 6) is 0.727. The van der Waals surface area contributed by atoms with Crippen LogP contribution in [0.4, 0.5) is 0 Å². The van der Waals surface area contributed by atoms with E-state index in [4.69, 9.17) is 74.3 Å². The predicted octanol–water partition coefficient (Wildman–Crippen LogP) is 7.40. The number of rotatable bonds is 2. The minimum atomic E-state index is 0.205. The third-order valence-corrected chi connectivity index (χ3v) is 4.66. The minimum absolute atomic E-state index is 0.205. The Kier molecular flexibility index (Phi) is 4.99. The lowest BCUT2D eigenvalue weighted by Gasteiger charge is -2.10. The number of hydrogen-bond donors (Lipinski definition) is 0. The molecule has 0 atom stereocenters. The van der Waals surface area contributed by atoms with Crippen molar-refractivity contribution in [3.8, 4) is 11.5 Å². The third-order valence-electron chi connectivity index (χ3n) is 2.18. The summed E-state index contributed by atoms with van der Waals surface area (Å²) in [5.41, 5.74) is 0. The zero-order valence-corrected chi connectivity index (χ0v) is 13.5. The van der Waals surface area contributed by atoms with Crippen molar-refractivity contribution in [2.45, 2.75) is 0 Å². The van der Waals surface area contributed by atoms with Crippen LogP contribution >= 0.6 is 69.6 Å². The molecule has 0 radical (unpaired) electrons. The number of hydrogen-bond acceptors (Lipinski definition) is 1. The lowest BCUT2D eigenvalue weighted by atomic mass is 10.3. The smallest absolute Gasteiger partial charge is 0.147 e. The topological polar surface area (TPSA) is 9.23 Å². The van der Waals surface area contributed by atoms with Gasteiger partial charge in [0, 0.05) is 12.1 Å². The maximum atomic E-state index is 6.03. The summed E-state index contributed by atoms with van der Waals surface area (Å²) in [4.78, 5) is 0. The molecule has 0 N–H and O–H groups in total. The van der Waals surface area contributed by atoms with Crippen molar-refractivity contribution in [3.63, 3.8) is 0 Å². The molecule has 0 bridgehead atoms. The fraction of sp³-hybridized carbons (Fsp3) is 0. The second-order valence-corrected chi connectivity index (χ2v) is 5.83. The Labute approximate surface area is 139 Å². The Balaban J connectivity index is 2.39. The van der Waals surface area contributed by atoms with Crippen molar-refractivity contribution in [2.24, 2.45) is 0 Å². The van der Waals surface area contributed by atoms with Crippen LogP contribution in [-0.2, 0) is 0 Å². The van der Waals surface area contributed by atoms with E-state index in [1.165, 1.54) is 12.1 Å². The van der Waals surface area contributed by atoms with Crippen LogP contribution < -0.4 is 4.74 Å². The van der Waals surface area contributed by atoms with Crippen molar-refractivity contribution < 1.29 is 4.74 Å². The Hall–Kier alpha value is -0.0200. The van der Waals surface area contributed by atoms with Gasteiger partial charge in [-0.25, -0.2) is 0 Å². The van der Waals surface area contributed by atoms with Crippen LogP contribution in [0.5, 0.6) is 11.5 Å². The first kappa shape index (κ1) is 15.4. The van der Waals surface area contributed by atoms with E-state index in [9.17, 15) is 0 Å². The summed E-state index contributed by atoms with van der Waals surface area (Å²) in [5, 5.41) is 1.58. The van der Waals surface area contributed by atoms with Crippen molar-refractivity contribution in [2.75, 3.05) is 0 Å². The van der Waals surface area contributed by atoms with Gasteiger partial charge in [0.25, 0.3) is 0 Å². The third kappa shape index (κ3) is 3.36. The molecule has 0 saturated carbocycles. The molecule has 100 valence electrons. The zero-order valence-electron chi connectivity index (χ0n) is 8.99. The van der Waals surface area contributed by atoms with Gasteiger partial charge in [-0.1, -0.05) is 69.6 Å². The molecule has 1 nitrogen and oxygen atoms in total. The SMILES string of the molecule is Clc1cc(Oc2ccc(Cl)c(Cl)c2Cl)cc(Cl)c1Cl. The maximum absolute atomic E-state index is 6.03.